The van der Waals surface area contributed by atoms with Crippen LogP contribution in [0.5, 0.6) is 0 Å². The van der Waals surface area contributed by atoms with Gasteiger partial charge in [-0.25, -0.2) is 9.97 Å². The number of benzene rings is 6. The molecule has 3 aromatic heterocycles. The molecule has 0 spiro atoms. The number of nitrogens with zero attached hydrogens (tertiary/aromatic N) is 2. The first-order valence-corrected chi connectivity index (χ1v) is 15.3. The van der Waals surface area contributed by atoms with E-state index in [0.29, 0.717) is 10.8 Å². The Morgan fingerprint density at radius 1 is 0.558 bits per heavy atom. The normalized spacial score (nSPS) is 11.8. The first-order chi connectivity index (χ1) is 21.2. The summed E-state index contributed by atoms with van der Waals surface area (Å²) in [6.07, 6.45) is 0. The quantitative estimate of drug-likeness (QED) is 0.206. The molecule has 0 atom stereocenters. The molecule has 0 aliphatic carbocycles. The Labute approximate surface area is 255 Å². The van der Waals surface area contributed by atoms with Crippen LogP contribution in [-0.4, -0.2) is 9.97 Å². The summed E-state index contributed by atoms with van der Waals surface area (Å²) in [4.78, 5) is 10.6. The Morgan fingerprint density at radius 2 is 1.26 bits per heavy atom. The van der Waals surface area contributed by atoms with Crippen molar-refractivity contribution in [3.05, 3.63) is 132 Å². The Kier molecular flexibility index (Phi) is 5.42. The molecule has 0 saturated heterocycles. The molecule has 0 aliphatic heterocycles. The number of furan rings is 1. The van der Waals surface area contributed by atoms with E-state index in [1.54, 1.807) is 11.3 Å². The summed E-state index contributed by atoms with van der Waals surface area (Å²) >= 11 is 8.07. The van der Waals surface area contributed by atoms with Crippen LogP contribution in [0.2, 0.25) is 5.02 Å². The molecule has 6 aromatic carbocycles. The van der Waals surface area contributed by atoms with Crippen LogP contribution in [0, 0.1) is 0 Å². The number of hydrogen-bond donors (Lipinski definition) is 0. The predicted molar refractivity (Wildman–Crippen MR) is 181 cm³/mol. The third-order valence-electron chi connectivity index (χ3n) is 8.17. The lowest BCUT2D eigenvalue weighted by Crippen LogP contribution is -1.95. The summed E-state index contributed by atoms with van der Waals surface area (Å²) in [5, 5.41) is 5.90. The zero-order valence-corrected chi connectivity index (χ0v) is 24.3. The lowest BCUT2D eigenvalue weighted by Gasteiger charge is -2.11. The van der Waals surface area contributed by atoms with Crippen molar-refractivity contribution in [2.24, 2.45) is 0 Å². The number of hydrogen-bond acceptors (Lipinski definition) is 4. The predicted octanol–water partition coefficient (Wildman–Crippen LogP) is 11.6. The lowest BCUT2D eigenvalue weighted by molar-refractivity contribution is 0.672. The SMILES string of the molecule is Clc1ccc2c(c1)oc1c3ccccc3c(-c3nc(-c4ccc(-c5ccccc5)cc4)c4sc5ccccc5c4n3)cc21. The average molecular weight is 589 g/mol. The van der Waals surface area contributed by atoms with Gasteiger partial charge in [0.25, 0.3) is 0 Å². The van der Waals surface area contributed by atoms with Crippen LogP contribution in [0.1, 0.15) is 0 Å². The van der Waals surface area contributed by atoms with Gasteiger partial charge in [-0.2, -0.15) is 0 Å². The first kappa shape index (κ1) is 24.6. The van der Waals surface area contributed by atoms with E-state index in [1.807, 2.05) is 30.3 Å². The summed E-state index contributed by atoms with van der Waals surface area (Å²) < 4.78 is 8.66. The van der Waals surface area contributed by atoms with E-state index < -0.39 is 0 Å². The molecule has 9 rings (SSSR count). The van der Waals surface area contributed by atoms with Gasteiger partial charge in [0.05, 0.1) is 15.9 Å². The number of aromatic nitrogens is 2. The maximum atomic E-state index is 6.37. The van der Waals surface area contributed by atoms with Crippen molar-refractivity contribution in [2.75, 3.05) is 0 Å². The Hall–Kier alpha value is -5.03. The maximum Gasteiger partial charge on any atom is 0.161 e. The summed E-state index contributed by atoms with van der Waals surface area (Å²) in [5.74, 6) is 0.694. The van der Waals surface area contributed by atoms with Crippen LogP contribution in [0.4, 0.5) is 0 Å². The highest BCUT2D eigenvalue weighted by molar-refractivity contribution is 7.26. The summed E-state index contributed by atoms with van der Waals surface area (Å²) in [6, 6.07) is 43.9. The largest absolute Gasteiger partial charge is 0.455 e. The van der Waals surface area contributed by atoms with Crippen LogP contribution in [0.15, 0.2) is 132 Å². The highest BCUT2D eigenvalue weighted by atomic mass is 35.5. The summed E-state index contributed by atoms with van der Waals surface area (Å²) in [7, 11) is 0. The summed E-state index contributed by atoms with van der Waals surface area (Å²) in [5.41, 5.74) is 7.93. The van der Waals surface area contributed by atoms with E-state index in [-0.39, 0.29) is 0 Å². The molecule has 202 valence electrons. The van der Waals surface area contributed by atoms with Crippen LogP contribution in [-0.2, 0) is 0 Å². The van der Waals surface area contributed by atoms with Crippen molar-refractivity contribution in [1.82, 2.24) is 9.97 Å². The average Bonchev–Trinajstić information content (AvgIpc) is 3.62. The fraction of sp³-hybridized carbons (Fsp3) is 0. The van der Waals surface area contributed by atoms with Gasteiger partial charge in [-0.3, -0.25) is 0 Å². The van der Waals surface area contributed by atoms with Crippen LogP contribution < -0.4 is 0 Å². The second-order valence-corrected chi connectivity index (χ2v) is 12.2. The fourth-order valence-electron chi connectivity index (χ4n) is 6.11. The van der Waals surface area contributed by atoms with Crippen LogP contribution >= 0.6 is 22.9 Å². The molecule has 0 fully saturated rings. The van der Waals surface area contributed by atoms with Crippen molar-refractivity contribution in [3.63, 3.8) is 0 Å². The van der Waals surface area contributed by atoms with E-state index in [4.69, 9.17) is 26.0 Å². The van der Waals surface area contributed by atoms with Gasteiger partial charge in [-0.1, -0.05) is 109 Å². The van der Waals surface area contributed by atoms with Gasteiger partial charge in [0.2, 0.25) is 0 Å². The van der Waals surface area contributed by atoms with Gasteiger partial charge in [0.15, 0.2) is 5.82 Å². The first-order valence-electron chi connectivity index (χ1n) is 14.1. The van der Waals surface area contributed by atoms with Crippen LogP contribution in [0.25, 0.3) is 86.8 Å². The molecule has 9 aromatic rings. The molecule has 0 bridgehead atoms. The Morgan fingerprint density at radius 3 is 2.09 bits per heavy atom. The standard InChI is InChI=1S/C38H21ClN2OS/c39-25-18-19-27-30-21-31(26-10-4-5-11-28(26)36(30)42-32(27)20-25)38-40-34(37-35(41-38)29-12-6-7-13-33(29)43-37)24-16-14-23(15-17-24)22-8-2-1-3-9-22/h1-21H. The second kappa shape index (κ2) is 9.50. The summed E-state index contributed by atoms with van der Waals surface area (Å²) in [6.45, 7) is 0. The number of thiophene rings is 1. The van der Waals surface area contributed by atoms with Crippen molar-refractivity contribution >= 4 is 76.0 Å². The van der Waals surface area contributed by atoms with E-state index >= 15 is 0 Å². The highest BCUT2D eigenvalue weighted by Crippen LogP contribution is 2.43. The molecular formula is C38H21ClN2OS. The van der Waals surface area contributed by atoms with Crippen LogP contribution in [0.3, 0.4) is 0 Å². The molecule has 3 nitrogen and oxygen atoms in total. The number of fused-ring (bicyclic) bond motifs is 8. The molecule has 43 heavy (non-hydrogen) atoms. The molecule has 0 aliphatic rings. The van der Waals surface area contributed by atoms with E-state index in [0.717, 1.165) is 65.1 Å². The van der Waals surface area contributed by atoms with Crippen molar-refractivity contribution in [1.29, 1.82) is 0 Å². The zero-order valence-electron chi connectivity index (χ0n) is 22.7. The van der Waals surface area contributed by atoms with Crippen molar-refractivity contribution in [3.8, 4) is 33.8 Å². The minimum atomic E-state index is 0.650. The smallest absolute Gasteiger partial charge is 0.161 e. The molecule has 0 N–H and O–H groups in total. The maximum absolute atomic E-state index is 6.37. The number of rotatable bonds is 3. The molecular weight excluding hydrogens is 568 g/mol. The minimum Gasteiger partial charge on any atom is -0.455 e. The lowest BCUT2D eigenvalue weighted by atomic mass is 9.99. The monoisotopic (exact) mass is 588 g/mol. The van der Waals surface area contributed by atoms with Gasteiger partial charge < -0.3 is 4.42 Å². The van der Waals surface area contributed by atoms with Crippen molar-refractivity contribution in [2.45, 2.75) is 0 Å². The molecule has 5 heteroatoms. The van der Waals surface area contributed by atoms with E-state index in [9.17, 15) is 0 Å². The Bertz CT molecular complexity index is 2510. The van der Waals surface area contributed by atoms with Gasteiger partial charge in [0.1, 0.15) is 11.2 Å². The van der Waals surface area contributed by atoms with E-state index in [2.05, 4.69) is 97.1 Å². The molecule has 0 amide bonds. The van der Waals surface area contributed by atoms with E-state index in [1.165, 1.54) is 15.8 Å². The second-order valence-electron chi connectivity index (χ2n) is 10.7. The minimum absolute atomic E-state index is 0.650. The molecule has 3 heterocycles. The zero-order chi connectivity index (χ0) is 28.5. The van der Waals surface area contributed by atoms with Gasteiger partial charge in [0, 0.05) is 48.5 Å². The molecule has 0 unspecified atom stereocenters. The third kappa shape index (κ3) is 3.88. The number of halogens is 1. The topological polar surface area (TPSA) is 38.9 Å². The van der Waals surface area contributed by atoms with Gasteiger partial charge in [-0.05, 0) is 40.8 Å². The van der Waals surface area contributed by atoms with Crippen molar-refractivity contribution < 1.29 is 4.42 Å². The third-order valence-corrected chi connectivity index (χ3v) is 9.57. The Balaban J connectivity index is 1.34. The fourth-order valence-corrected chi connectivity index (χ4v) is 7.43. The molecule has 0 radical (unpaired) electrons. The molecule has 0 saturated carbocycles. The van der Waals surface area contributed by atoms with Gasteiger partial charge in [-0.15, -0.1) is 11.3 Å². The highest BCUT2D eigenvalue weighted by Gasteiger charge is 2.20. The van der Waals surface area contributed by atoms with Gasteiger partial charge >= 0.3 is 0 Å².